The highest BCUT2D eigenvalue weighted by molar-refractivity contribution is 5.74. The molecular formula is C20H28N6O2. The standard InChI is InChI=1S/C20H28N6O2/c1-15(19-23-18(24-28-19)17-7-3-4-10-21-17)22-20(27)26-13-8-16(9-14-26)25-11-5-2-6-12-25/h3-4,7,10,15-16H,2,5-6,8-9,11-14H2,1H3,(H,22,27)/t15-/m1/s1. The number of hydrogen-bond donors (Lipinski definition) is 1. The predicted octanol–water partition coefficient (Wildman–Crippen LogP) is 2.85. The van der Waals surface area contributed by atoms with Crippen molar-refractivity contribution in [2.75, 3.05) is 26.2 Å². The second-order valence-electron chi connectivity index (χ2n) is 7.66. The van der Waals surface area contributed by atoms with Crippen LogP contribution in [0.3, 0.4) is 0 Å². The predicted molar refractivity (Wildman–Crippen MR) is 104 cm³/mol. The topological polar surface area (TPSA) is 87.4 Å². The molecule has 0 bridgehead atoms. The summed E-state index contributed by atoms with van der Waals surface area (Å²) in [7, 11) is 0. The van der Waals surface area contributed by atoms with E-state index >= 15 is 0 Å². The summed E-state index contributed by atoms with van der Waals surface area (Å²) in [4.78, 5) is 25.7. The zero-order chi connectivity index (χ0) is 19.3. The maximum Gasteiger partial charge on any atom is 0.318 e. The lowest BCUT2D eigenvalue weighted by Crippen LogP contribution is -2.50. The first-order valence-corrected chi connectivity index (χ1v) is 10.3. The van der Waals surface area contributed by atoms with Gasteiger partial charge in [0, 0.05) is 25.3 Å². The van der Waals surface area contributed by atoms with Gasteiger partial charge in [0.1, 0.15) is 11.7 Å². The number of urea groups is 1. The second kappa shape index (κ2) is 8.68. The van der Waals surface area contributed by atoms with E-state index in [0.29, 0.717) is 23.5 Å². The van der Waals surface area contributed by atoms with Crippen LogP contribution in [0.4, 0.5) is 4.79 Å². The first-order valence-electron chi connectivity index (χ1n) is 10.3. The van der Waals surface area contributed by atoms with Crippen molar-refractivity contribution < 1.29 is 9.32 Å². The summed E-state index contributed by atoms with van der Waals surface area (Å²) in [5.41, 5.74) is 0.649. The quantitative estimate of drug-likeness (QED) is 0.872. The largest absolute Gasteiger partial charge is 0.337 e. The van der Waals surface area contributed by atoms with Gasteiger partial charge in [0.05, 0.1) is 0 Å². The minimum atomic E-state index is -0.350. The van der Waals surface area contributed by atoms with Gasteiger partial charge in [0.25, 0.3) is 0 Å². The molecule has 2 aromatic rings. The molecule has 150 valence electrons. The SMILES string of the molecule is C[C@@H](NC(=O)N1CCC(N2CCCCC2)CC1)c1nc(-c2ccccn2)no1. The smallest absolute Gasteiger partial charge is 0.318 e. The average molecular weight is 384 g/mol. The first kappa shape index (κ1) is 18.9. The van der Waals surface area contributed by atoms with Crippen molar-refractivity contribution >= 4 is 6.03 Å². The number of hydrogen-bond acceptors (Lipinski definition) is 6. The number of pyridine rings is 1. The monoisotopic (exact) mass is 384 g/mol. The molecule has 0 spiro atoms. The van der Waals surface area contributed by atoms with Gasteiger partial charge >= 0.3 is 6.03 Å². The second-order valence-corrected chi connectivity index (χ2v) is 7.66. The van der Waals surface area contributed by atoms with Crippen LogP contribution >= 0.6 is 0 Å². The Balaban J connectivity index is 1.29. The van der Waals surface area contributed by atoms with Crippen molar-refractivity contribution in [2.24, 2.45) is 0 Å². The third-order valence-corrected chi connectivity index (χ3v) is 5.70. The highest BCUT2D eigenvalue weighted by atomic mass is 16.5. The lowest BCUT2D eigenvalue weighted by molar-refractivity contribution is 0.100. The lowest BCUT2D eigenvalue weighted by atomic mass is 10.00. The molecule has 0 saturated carbocycles. The Morgan fingerprint density at radius 2 is 1.96 bits per heavy atom. The van der Waals surface area contributed by atoms with Crippen LogP contribution in [-0.2, 0) is 0 Å². The van der Waals surface area contributed by atoms with E-state index in [1.165, 1.54) is 32.4 Å². The van der Waals surface area contributed by atoms with Gasteiger partial charge in [-0.05, 0) is 57.8 Å². The van der Waals surface area contributed by atoms with Gasteiger partial charge in [-0.15, -0.1) is 0 Å². The Morgan fingerprint density at radius 1 is 1.18 bits per heavy atom. The summed E-state index contributed by atoms with van der Waals surface area (Å²) in [5.74, 6) is 0.816. The summed E-state index contributed by atoms with van der Waals surface area (Å²) in [6, 6.07) is 5.74. The molecule has 8 heteroatoms. The molecule has 0 aliphatic carbocycles. The van der Waals surface area contributed by atoms with Crippen LogP contribution in [0.1, 0.15) is 51.0 Å². The molecule has 0 radical (unpaired) electrons. The van der Waals surface area contributed by atoms with Crippen LogP contribution in [0.2, 0.25) is 0 Å². The van der Waals surface area contributed by atoms with E-state index < -0.39 is 0 Å². The molecule has 2 aliphatic rings. The van der Waals surface area contributed by atoms with Gasteiger partial charge in [0.2, 0.25) is 11.7 Å². The van der Waals surface area contributed by atoms with E-state index in [-0.39, 0.29) is 12.1 Å². The van der Waals surface area contributed by atoms with E-state index in [1.54, 1.807) is 6.20 Å². The Labute approximate surface area is 165 Å². The van der Waals surface area contributed by atoms with Crippen LogP contribution < -0.4 is 5.32 Å². The molecule has 2 fully saturated rings. The fourth-order valence-corrected chi connectivity index (χ4v) is 4.07. The number of nitrogens with one attached hydrogen (secondary N) is 1. The maximum atomic E-state index is 12.6. The Morgan fingerprint density at radius 3 is 2.68 bits per heavy atom. The fourth-order valence-electron chi connectivity index (χ4n) is 4.07. The van der Waals surface area contributed by atoms with Gasteiger partial charge in [-0.1, -0.05) is 17.6 Å². The normalized spacial score (nSPS) is 20.1. The number of carbonyl (C=O) groups excluding carboxylic acids is 1. The summed E-state index contributed by atoms with van der Waals surface area (Å²) < 4.78 is 5.32. The van der Waals surface area contributed by atoms with E-state index in [0.717, 1.165) is 25.9 Å². The summed E-state index contributed by atoms with van der Waals surface area (Å²) in [6.07, 6.45) is 7.75. The van der Waals surface area contributed by atoms with Gasteiger partial charge in [-0.2, -0.15) is 4.98 Å². The van der Waals surface area contributed by atoms with E-state index in [4.69, 9.17) is 4.52 Å². The summed E-state index contributed by atoms with van der Waals surface area (Å²) >= 11 is 0. The Hall–Kier alpha value is -2.48. The average Bonchev–Trinajstić information content (AvgIpc) is 3.26. The number of piperidine rings is 2. The number of rotatable bonds is 4. The molecule has 2 aromatic heterocycles. The number of aromatic nitrogens is 3. The van der Waals surface area contributed by atoms with Crippen molar-refractivity contribution in [2.45, 2.75) is 51.1 Å². The van der Waals surface area contributed by atoms with Gasteiger partial charge in [0.15, 0.2) is 0 Å². The molecule has 28 heavy (non-hydrogen) atoms. The molecular weight excluding hydrogens is 356 g/mol. The van der Waals surface area contributed by atoms with Crippen LogP contribution in [0.5, 0.6) is 0 Å². The molecule has 0 aromatic carbocycles. The van der Waals surface area contributed by atoms with E-state index in [1.807, 2.05) is 30.0 Å². The minimum Gasteiger partial charge on any atom is -0.337 e. The third kappa shape index (κ3) is 4.32. The van der Waals surface area contributed by atoms with Crippen LogP contribution in [0.15, 0.2) is 28.9 Å². The number of amides is 2. The van der Waals surface area contributed by atoms with Crippen LogP contribution in [0, 0.1) is 0 Å². The Bertz CT molecular complexity index is 766. The molecule has 1 N–H and O–H groups in total. The molecule has 2 aliphatic heterocycles. The highest BCUT2D eigenvalue weighted by Crippen LogP contribution is 2.22. The molecule has 4 rings (SSSR count). The van der Waals surface area contributed by atoms with Crippen molar-refractivity contribution in [1.82, 2.24) is 30.2 Å². The first-order chi connectivity index (χ1) is 13.7. The van der Waals surface area contributed by atoms with Crippen LogP contribution in [0.25, 0.3) is 11.5 Å². The van der Waals surface area contributed by atoms with E-state index in [9.17, 15) is 4.79 Å². The van der Waals surface area contributed by atoms with Crippen molar-refractivity contribution in [3.8, 4) is 11.5 Å². The molecule has 1 atom stereocenters. The van der Waals surface area contributed by atoms with Crippen molar-refractivity contribution in [3.05, 3.63) is 30.3 Å². The molecule has 0 unspecified atom stereocenters. The zero-order valence-corrected chi connectivity index (χ0v) is 16.4. The van der Waals surface area contributed by atoms with Crippen molar-refractivity contribution in [1.29, 1.82) is 0 Å². The van der Waals surface area contributed by atoms with Crippen molar-refractivity contribution in [3.63, 3.8) is 0 Å². The minimum absolute atomic E-state index is 0.0674. The van der Waals surface area contributed by atoms with Gasteiger partial charge in [-0.25, -0.2) is 4.79 Å². The third-order valence-electron chi connectivity index (χ3n) is 5.70. The van der Waals surface area contributed by atoms with Gasteiger partial charge in [-0.3, -0.25) is 4.98 Å². The highest BCUT2D eigenvalue weighted by Gasteiger charge is 2.28. The van der Waals surface area contributed by atoms with E-state index in [2.05, 4.69) is 25.3 Å². The molecule has 2 amide bonds. The number of nitrogens with zero attached hydrogens (tertiary/aromatic N) is 5. The molecule has 4 heterocycles. The Kier molecular flexibility index (Phi) is 5.85. The molecule has 8 nitrogen and oxygen atoms in total. The fraction of sp³-hybridized carbons (Fsp3) is 0.600. The summed E-state index contributed by atoms with van der Waals surface area (Å²) in [5, 5.41) is 6.95. The zero-order valence-electron chi connectivity index (χ0n) is 16.4. The number of likely N-dealkylation sites (tertiary alicyclic amines) is 2. The van der Waals surface area contributed by atoms with Gasteiger partial charge < -0.3 is 19.6 Å². The van der Waals surface area contributed by atoms with Crippen LogP contribution in [-0.4, -0.2) is 63.2 Å². The number of carbonyl (C=O) groups is 1. The molecule has 2 saturated heterocycles. The maximum absolute atomic E-state index is 12.6. The summed E-state index contributed by atoms with van der Waals surface area (Å²) in [6.45, 7) is 5.87. The lowest BCUT2D eigenvalue weighted by Gasteiger charge is -2.40.